The van der Waals surface area contributed by atoms with Gasteiger partial charge in [0.1, 0.15) is 5.02 Å². The van der Waals surface area contributed by atoms with Gasteiger partial charge in [-0.15, -0.1) is 0 Å². The monoisotopic (exact) mass is 495 g/mol. The fraction of sp³-hybridized carbons (Fsp3) is 0.667. The van der Waals surface area contributed by atoms with Crippen molar-refractivity contribution in [1.82, 2.24) is 24.1 Å². The average molecular weight is 496 g/mol. The third-order valence-electron chi connectivity index (χ3n) is 6.68. The Hall–Kier alpha value is -1.95. The molecule has 0 bridgehead atoms. The molecule has 2 saturated carbocycles. The summed E-state index contributed by atoms with van der Waals surface area (Å²) in [5, 5.41) is 20.7. The lowest BCUT2D eigenvalue weighted by atomic mass is 10.0. The molecule has 0 amide bonds. The van der Waals surface area contributed by atoms with E-state index in [0.29, 0.717) is 65.6 Å². The molecule has 1 aliphatic heterocycles. The highest BCUT2D eigenvalue weighted by Crippen LogP contribution is 2.41. The van der Waals surface area contributed by atoms with E-state index in [4.69, 9.17) is 11.6 Å². The summed E-state index contributed by atoms with van der Waals surface area (Å²) in [4.78, 5) is 8.78. The number of aliphatic hydroxyl groups is 1. The number of hydrogen-bond donors (Lipinski definition) is 3. The van der Waals surface area contributed by atoms with Gasteiger partial charge in [-0.1, -0.05) is 11.6 Å². The number of sulfonamides is 1. The van der Waals surface area contributed by atoms with Crippen LogP contribution in [0.1, 0.15) is 32.6 Å². The molecule has 0 spiro atoms. The number of halogens is 1. The molecular formula is C21H30ClN7O3S. The maximum absolute atomic E-state index is 12.6. The molecule has 33 heavy (non-hydrogen) atoms. The Balaban J connectivity index is 1.18. The van der Waals surface area contributed by atoms with Crippen LogP contribution < -0.4 is 10.6 Å². The molecule has 180 valence electrons. The van der Waals surface area contributed by atoms with Gasteiger partial charge in [0, 0.05) is 25.3 Å². The van der Waals surface area contributed by atoms with Crippen molar-refractivity contribution in [3.63, 3.8) is 0 Å². The second-order valence-corrected chi connectivity index (χ2v) is 12.1. The highest BCUT2D eigenvalue weighted by atomic mass is 35.5. The number of nitrogens with one attached hydrogen (secondary N) is 2. The van der Waals surface area contributed by atoms with Crippen molar-refractivity contribution in [1.29, 1.82) is 0 Å². The quantitative estimate of drug-likeness (QED) is 0.484. The highest BCUT2D eigenvalue weighted by molar-refractivity contribution is 7.89. The summed E-state index contributed by atoms with van der Waals surface area (Å²) >= 11 is 6.35. The summed E-state index contributed by atoms with van der Waals surface area (Å²) in [5.74, 6) is 2.39. The fourth-order valence-electron chi connectivity index (χ4n) is 4.94. The van der Waals surface area contributed by atoms with Gasteiger partial charge in [-0.25, -0.2) is 17.7 Å². The minimum absolute atomic E-state index is 0.197. The number of anilines is 3. The zero-order valence-corrected chi connectivity index (χ0v) is 20.1. The van der Waals surface area contributed by atoms with Crippen molar-refractivity contribution in [2.45, 2.75) is 51.3 Å². The van der Waals surface area contributed by atoms with E-state index in [2.05, 4.69) is 25.7 Å². The second kappa shape index (κ2) is 9.01. The van der Waals surface area contributed by atoms with E-state index in [1.54, 1.807) is 34.5 Å². The molecular weight excluding hydrogens is 466 g/mol. The molecule has 3 atom stereocenters. The van der Waals surface area contributed by atoms with Crippen molar-refractivity contribution >= 4 is 39.1 Å². The largest absolute Gasteiger partial charge is 0.391 e. The van der Waals surface area contributed by atoms with Gasteiger partial charge in [0.15, 0.2) is 5.82 Å². The summed E-state index contributed by atoms with van der Waals surface area (Å²) in [6.07, 6.45) is 8.38. The van der Waals surface area contributed by atoms with E-state index < -0.39 is 16.1 Å². The summed E-state index contributed by atoms with van der Waals surface area (Å²) < 4.78 is 28.6. The zero-order chi connectivity index (χ0) is 23.2. The fourth-order valence-corrected chi connectivity index (χ4v) is 7.06. The number of hydrogen-bond acceptors (Lipinski definition) is 8. The summed E-state index contributed by atoms with van der Waals surface area (Å²) in [5.41, 5.74) is 0.715. The highest BCUT2D eigenvalue weighted by Gasteiger charge is 2.45. The lowest BCUT2D eigenvalue weighted by molar-refractivity contribution is 0.168. The number of aromatic nitrogens is 4. The average Bonchev–Trinajstić information content (AvgIpc) is 3.10. The zero-order valence-electron chi connectivity index (χ0n) is 18.6. The van der Waals surface area contributed by atoms with Crippen molar-refractivity contribution < 1.29 is 13.5 Å². The Morgan fingerprint density at radius 2 is 1.97 bits per heavy atom. The Morgan fingerprint density at radius 3 is 2.64 bits per heavy atom. The summed E-state index contributed by atoms with van der Waals surface area (Å²) in [6.45, 7) is 3.35. The number of nitrogens with zero attached hydrogens (tertiary/aromatic N) is 5. The Labute approximate surface area is 198 Å². The molecule has 3 aliphatic rings. The Bertz CT molecular complexity index is 1090. The van der Waals surface area contributed by atoms with Crippen LogP contribution in [0, 0.1) is 17.8 Å². The van der Waals surface area contributed by atoms with Gasteiger partial charge >= 0.3 is 0 Å². The maximum Gasteiger partial charge on any atom is 0.229 e. The van der Waals surface area contributed by atoms with Crippen LogP contribution in [0.5, 0.6) is 0 Å². The van der Waals surface area contributed by atoms with Crippen LogP contribution in [0.25, 0.3) is 0 Å². The van der Waals surface area contributed by atoms with E-state index >= 15 is 0 Å². The van der Waals surface area contributed by atoms with Crippen molar-refractivity contribution in [3.05, 3.63) is 23.6 Å². The van der Waals surface area contributed by atoms with Crippen LogP contribution >= 0.6 is 11.6 Å². The lowest BCUT2D eigenvalue weighted by Gasteiger charge is -2.20. The SMILES string of the molecule is CC(O)Cn1cc(Nc2ncc(Cl)c(NC3CC4CN(S(=O)(=O)CC5CC5)CC4C3)n2)cn1. The molecule has 3 heterocycles. The molecule has 2 aromatic rings. The van der Waals surface area contributed by atoms with Gasteiger partial charge in [-0.2, -0.15) is 10.1 Å². The maximum atomic E-state index is 12.6. The second-order valence-electron chi connectivity index (χ2n) is 9.69. The first-order valence-electron chi connectivity index (χ1n) is 11.5. The van der Waals surface area contributed by atoms with Gasteiger partial charge in [-0.3, -0.25) is 4.68 Å². The first-order valence-corrected chi connectivity index (χ1v) is 13.5. The predicted molar refractivity (Wildman–Crippen MR) is 126 cm³/mol. The van der Waals surface area contributed by atoms with E-state index in [1.165, 1.54) is 0 Å². The van der Waals surface area contributed by atoms with E-state index in [-0.39, 0.29) is 6.04 Å². The van der Waals surface area contributed by atoms with Crippen molar-refractivity contribution in [2.24, 2.45) is 17.8 Å². The molecule has 0 aromatic carbocycles. The first kappa shape index (κ1) is 22.8. The molecule has 2 aliphatic carbocycles. The first-order chi connectivity index (χ1) is 15.7. The standard InChI is InChI=1S/C21H30ClN7O3S/c1-13(30)8-28-11-18(6-24-28)26-21-23-7-19(22)20(27-21)25-17-4-15-9-29(10-16(15)5-17)33(31,32)12-14-2-3-14/h6-7,11,13-17,30H,2-5,8-10,12H2,1H3,(H2,23,25,26,27). The van der Waals surface area contributed by atoms with Gasteiger partial charge in [0.05, 0.1) is 36.5 Å². The van der Waals surface area contributed by atoms with Gasteiger partial charge < -0.3 is 15.7 Å². The van der Waals surface area contributed by atoms with Gasteiger partial charge in [0.2, 0.25) is 16.0 Å². The van der Waals surface area contributed by atoms with Crippen molar-refractivity contribution in [3.8, 4) is 0 Å². The third-order valence-corrected chi connectivity index (χ3v) is 8.93. The van der Waals surface area contributed by atoms with Crippen molar-refractivity contribution in [2.75, 3.05) is 29.5 Å². The number of aliphatic hydroxyl groups excluding tert-OH is 1. The van der Waals surface area contributed by atoms with Crippen LogP contribution in [0.15, 0.2) is 18.6 Å². The third kappa shape index (κ3) is 5.42. The molecule has 1 saturated heterocycles. The molecule has 3 unspecified atom stereocenters. The lowest BCUT2D eigenvalue weighted by Crippen LogP contribution is -2.33. The number of fused-ring (bicyclic) bond motifs is 1. The summed E-state index contributed by atoms with van der Waals surface area (Å²) in [7, 11) is -3.12. The normalized spacial score (nSPS) is 26.3. The molecule has 3 N–H and O–H groups in total. The van der Waals surface area contributed by atoms with E-state index in [0.717, 1.165) is 25.7 Å². The summed E-state index contributed by atoms with van der Waals surface area (Å²) in [6, 6.07) is 0.197. The smallest absolute Gasteiger partial charge is 0.229 e. The number of rotatable bonds is 9. The Morgan fingerprint density at radius 1 is 1.24 bits per heavy atom. The van der Waals surface area contributed by atoms with E-state index in [9.17, 15) is 13.5 Å². The van der Waals surface area contributed by atoms with Crippen LogP contribution in [0.3, 0.4) is 0 Å². The van der Waals surface area contributed by atoms with Crippen LogP contribution in [0.2, 0.25) is 5.02 Å². The van der Waals surface area contributed by atoms with E-state index in [1.807, 2.05) is 0 Å². The van der Waals surface area contributed by atoms with Crippen LogP contribution in [-0.4, -0.2) is 68.6 Å². The minimum Gasteiger partial charge on any atom is -0.391 e. The predicted octanol–water partition coefficient (Wildman–Crippen LogP) is 2.31. The van der Waals surface area contributed by atoms with Gasteiger partial charge in [-0.05, 0) is 50.4 Å². The van der Waals surface area contributed by atoms with Gasteiger partial charge in [0.25, 0.3) is 0 Å². The molecule has 3 fully saturated rings. The Kier molecular flexibility index (Phi) is 6.23. The molecule has 5 rings (SSSR count). The molecule has 12 heteroatoms. The van der Waals surface area contributed by atoms with Crippen LogP contribution in [-0.2, 0) is 16.6 Å². The molecule has 0 radical (unpaired) electrons. The molecule has 2 aromatic heterocycles. The topological polar surface area (TPSA) is 125 Å². The molecule has 10 nitrogen and oxygen atoms in total. The van der Waals surface area contributed by atoms with Crippen LogP contribution in [0.4, 0.5) is 17.5 Å². The minimum atomic E-state index is -3.12.